The number of fused-ring (bicyclic) bond motifs is 1. The van der Waals surface area contributed by atoms with Crippen molar-refractivity contribution in [3.63, 3.8) is 0 Å². The van der Waals surface area contributed by atoms with Crippen LogP contribution in [0.3, 0.4) is 0 Å². The number of hydrogen-bond acceptors (Lipinski definition) is 1. The minimum Gasteiger partial charge on any atom is -0.256 e. The molecule has 0 aliphatic heterocycles. The highest BCUT2D eigenvalue weighted by molar-refractivity contribution is 5.77. The lowest BCUT2D eigenvalue weighted by Crippen LogP contribution is -1.80. The van der Waals surface area contributed by atoms with Gasteiger partial charge < -0.3 is 0 Å². The first-order valence-electron chi connectivity index (χ1n) is 3.29. The molecule has 1 nitrogen and oxygen atoms in total. The average molecular weight is 146 g/mol. The predicted molar refractivity (Wildman–Crippen MR) is 40.5 cm³/mol. The number of aromatic nitrogens is 1. The van der Waals surface area contributed by atoms with E-state index >= 15 is 0 Å². The van der Waals surface area contributed by atoms with Crippen LogP contribution < -0.4 is 0 Å². The number of rotatable bonds is 0. The lowest BCUT2D eigenvalue weighted by atomic mass is 10.2. The Balaban J connectivity index is 2.91. The zero-order valence-corrected chi connectivity index (χ0v) is 5.71. The van der Waals surface area contributed by atoms with Crippen LogP contribution in [-0.4, -0.2) is 4.98 Å². The molecule has 1 aromatic heterocycles. The Morgan fingerprint density at radius 1 is 1.36 bits per heavy atom. The SMILES string of the molecule is Fc1cccc2ncc[c]c12. The Morgan fingerprint density at radius 2 is 2.27 bits per heavy atom. The summed E-state index contributed by atoms with van der Waals surface area (Å²) in [4.78, 5) is 3.97. The summed E-state index contributed by atoms with van der Waals surface area (Å²) in [5.74, 6) is -0.268. The second kappa shape index (κ2) is 2.31. The molecule has 1 aromatic carbocycles. The topological polar surface area (TPSA) is 12.9 Å². The van der Waals surface area contributed by atoms with E-state index < -0.39 is 0 Å². The standard InChI is InChI=1S/C9H5FN/c10-8-4-1-5-9-7(8)3-2-6-11-9/h1-2,4-6H. The molecule has 11 heavy (non-hydrogen) atoms. The maximum atomic E-state index is 12.9. The molecular weight excluding hydrogens is 141 g/mol. The van der Waals surface area contributed by atoms with Crippen molar-refractivity contribution in [2.24, 2.45) is 0 Å². The fourth-order valence-corrected chi connectivity index (χ4v) is 1.00. The van der Waals surface area contributed by atoms with Gasteiger partial charge in [-0.2, -0.15) is 0 Å². The lowest BCUT2D eigenvalue weighted by Gasteiger charge is -1.94. The Labute approximate surface area is 63.5 Å². The molecule has 0 unspecified atom stereocenters. The second-order valence-corrected chi connectivity index (χ2v) is 2.22. The summed E-state index contributed by atoms with van der Waals surface area (Å²) in [6.45, 7) is 0. The van der Waals surface area contributed by atoms with Crippen LogP contribution in [0.25, 0.3) is 10.9 Å². The molecule has 1 radical (unpaired) electrons. The van der Waals surface area contributed by atoms with Crippen molar-refractivity contribution in [2.45, 2.75) is 0 Å². The van der Waals surface area contributed by atoms with E-state index in [2.05, 4.69) is 11.1 Å². The highest BCUT2D eigenvalue weighted by Crippen LogP contribution is 2.12. The highest BCUT2D eigenvalue weighted by Gasteiger charge is 1.97. The van der Waals surface area contributed by atoms with Gasteiger partial charge >= 0.3 is 0 Å². The van der Waals surface area contributed by atoms with Crippen LogP contribution >= 0.6 is 0 Å². The van der Waals surface area contributed by atoms with Crippen LogP contribution in [0.5, 0.6) is 0 Å². The van der Waals surface area contributed by atoms with Gasteiger partial charge in [0.2, 0.25) is 0 Å². The van der Waals surface area contributed by atoms with Gasteiger partial charge in [0.1, 0.15) is 5.82 Å². The van der Waals surface area contributed by atoms with Gasteiger partial charge in [0.15, 0.2) is 0 Å². The van der Waals surface area contributed by atoms with Crippen molar-refractivity contribution in [3.8, 4) is 0 Å². The van der Waals surface area contributed by atoms with E-state index in [1.54, 1.807) is 24.4 Å². The van der Waals surface area contributed by atoms with Crippen LogP contribution in [0.15, 0.2) is 30.5 Å². The Kier molecular flexibility index (Phi) is 1.32. The molecular formula is C9H5FN. The smallest absolute Gasteiger partial charge is 0.133 e. The molecule has 0 aliphatic carbocycles. The Hall–Kier alpha value is -1.44. The third-order valence-electron chi connectivity index (χ3n) is 1.51. The fourth-order valence-electron chi connectivity index (χ4n) is 1.00. The zero-order chi connectivity index (χ0) is 7.68. The normalized spacial score (nSPS) is 10.3. The van der Waals surface area contributed by atoms with Crippen LogP contribution in [0.2, 0.25) is 0 Å². The summed E-state index contributed by atoms with van der Waals surface area (Å²) in [6, 6.07) is 9.18. The van der Waals surface area contributed by atoms with E-state index in [1.807, 2.05) is 0 Å². The molecule has 2 rings (SSSR count). The van der Waals surface area contributed by atoms with Crippen molar-refractivity contribution < 1.29 is 4.39 Å². The van der Waals surface area contributed by atoms with Crippen molar-refractivity contribution in [1.29, 1.82) is 0 Å². The monoisotopic (exact) mass is 146 g/mol. The largest absolute Gasteiger partial charge is 0.256 e. The summed E-state index contributed by atoms with van der Waals surface area (Å²) >= 11 is 0. The summed E-state index contributed by atoms with van der Waals surface area (Å²) in [7, 11) is 0. The molecule has 0 atom stereocenters. The van der Waals surface area contributed by atoms with Crippen LogP contribution in [0.4, 0.5) is 4.39 Å². The van der Waals surface area contributed by atoms with Gasteiger partial charge in [-0.3, -0.25) is 4.98 Å². The van der Waals surface area contributed by atoms with Crippen molar-refractivity contribution in [3.05, 3.63) is 42.3 Å². The molecule has 53 valence electrons. The first-order chi connectivity index (χ1) is 5.38. The number of halogens is 1. The molecule has 0 amide bonds. The second-order valence-electron chi connectivity index (χ2n) is 2.22. The fraction of sp³-hybridized carbons (Fsp3) is 0. The van der Waals surface area contributed by atoms with Crippen LogP contribution in [-0.2, 0) is 0 Å². The lowest BCUT2D eigenvalue weighted by molar-refractivity contribution is 0.639. The van der Waals surface area contributed by atoms with Crippen molar-refractivity contribution in [1.82, 2.24) is 4.98 Å². The molecule has 0 spiro atoms. The van der Waals surface area contributed by atoms with Crippen LogP contribution in [0, 0.1) is 11.9 Å². The van der Waals surface area contributed by atoms with E-state index in [0.29, 0.717) is 10.9 Å². The number of pyridine rings is 1. The number of benzene rings is 1. The molecule has 0 fully saturated rings. The van der Waals surface area contributed by atoms with Gasteiger partial charge in [-0.25, -0.2) is 4.39 Å². The summed E-state index contributed by atoms with van der Waals surface area (Å²) in [6.07, 6.45) is 1.60. The van der Waals surface area contributed by atoms with Gasteiger partial charge in [-0.15, -0.1) is 0 Å². The summed E-state index contributed by atoms with van der Waals surface area (Å²) in [5.41, 5.74) is 0.646. The molecule has 2 aromatic rings. The van der Waals surface area contributed by atoms with Gasteiger partial charge in [-0.05, 0) is 24.3 Å². The van der Waals surface area contributed by atoms with E-state index in [-0.39, 0.29) is 5.82 Å². The molecule has 2 heteroatoms. The van der Waals surface area contributed by atoms with E-state index in [0.717, 1.165) is 0 Å². The first kappa shape index (κ1) is 6.28. The zero-order valence-electron chi connectivity index (χ0n) is 5.71. The van der Waals surface area contributed by atoms with Crippen molar-refractivity contribution in [2.75, 3.05) is 0 Å². The Morgan fingerprint density at radius 3 is 3.09 bits per heavy atom. The van der Waals surface area contributed by atoms with Gasteiger partial charge in [0.05, 0.1) is 5.52 Å². The summed E-state index contributed by atoms with van der Waals surface area (Å²) < 4.78 is 12.9. The van der Waals surface area contributed by atoms with E-state index in [4.69, 9.17) is 0 Å². The minimum atomic E-state index is -0.268. The molecule has 0 bridgehead atoms. The maximum Gasteiger partial charge on any atom is 0.133 e. The predicted octanol–water partition coefficient (Wildman–Crippen LogP) is 2.17. The van der Waals surface area contributed by atoms with Gasteiger partial charge in [-0.1, -0.05) is 6.07 Å². The number of nitrogens with zero attached hydrogens (tertiary/aromatic N) is 1. The molecule has 0 N–H and O–H groups in total. The van der Waals surface area contributed by atoms with Gasteiger partial charge in [0.25, 0.3) is 0 Å². The molecule has 0 saturated carbocycles. The van der Waals surface area contributed by atoms with E-state index in [9.17, 15) is 4.39 Å². The first-order valence-corrected chi connectivity index (χ1v) is 3.29. The Bertz CT molecular complexity index is 379. The highest BCUT2D eigenvalue weighted by atomic mass is 19.1. The maximum absolute atomic E-state index is 12.9. The average Bonchev–Trinajstić information content (AvgIpc) is 2.06. The quantitative estimate of drug-likeness (QED) is 0.555. The molecule has 0 aliphatic rings. The summed E-state index contributed by atoms with van der Waals surface area (Å²) in [5, 5.41) is 0.454. The van der Waals surface area contributed by atoms with E-state index in [1.165, 1.54) is 6.07 Å². The van der Waals surface area contributed by atoms with Crippen molar-refractivity contribution >= 4 is 10.9 Å². The minimum absolute atomic E-state index is 0.268. The molecule has 1 heterocycles. The molecule has 0 saturated heterocycles. The third-order valence-corrected chi connectivity index (χ3v) is 1.51. The number of hydrogen-bond donors (Lipinski definition) is 0. The van der Waals surface area contributed by atoms with Gasteiger partial charge in [0, 0.05) is 11.6 Å². The third kappa shape index (κ3) is 0.963. The van der Waals surface area contributed by atoms with Crippen LogP contribution in [0.1, 0.15) is 0 Å².